The molecule has 4 saturated carbocycles. The minimum atomic E-state index is -0.825. The van der Waals surface area contributed by atoms with Gasteiger partial charge in [-0.2, -0.15) is 0 Å². The van der Waals surface area contributed by atoms with Gasteiger partial charge in [0, 0.05) is 5.41 Å². The molecule has 0 heterocycles. The fraction of sp³-hybridized carbons (Fsp3) is 0.875. The summed E-state index contributed by atoms with van der Waals surface area (Å²) in [7, 11) is 0. The third kappa shape index (κ3) is 3.19. The average Bonchev–Trinajstić information content (AvgIpc) is 3.01. The van der Waals surface area contributed by atoms with Gasteiger partial charge in [0.15, 0.2) is 0 Å². The minimum absolute atomic E-state index is 0.0237. The highest BCUT2D eigenvalue weighted by Gasteiger charge is 2.65. The van der Waals surface area contributed by atoms with Gasteiger partial charge in [0.25, 0.3) is 0 Å². The molecule has 4 aliphatic carbocycles. The van der Waals surface area contributed by atoms with Crippen molar-refractivity contribution < 1.29 is 25.2 Å². The van der Waals surface area contributed by atoms with Crippen molar-refractivity contribution in [3.63, 3.8) is 0 Å². The number of carboxylic acids is 1. The van der Waals surface area contributed by atoms with Crippen molar-refractivity contribution in [1.82, 2.24) is 0 Å². The van der Waals surface area contributed by atoms with E-state index in [2.05, 4.69) is 13.8 Å². The van der Waals surface area contributed by atoms with Crippen LogP contribution in [-0.2, 0) is 4.79 Å². The molecule has 4 rings (SSSR count). The van der Waals surface area contributed by atoms with E-state index < -0.39 is 12.1 Å². The third-order valence-corrected chi connectivity index (χ3v) is 9.91. The van der Waals surface area contributed by atoms with E-state index in [-0.39, 0.29) is 47.2 Å². The average molecular weight is 407 g/mol. The molecule has 0 aromatic rings. The van der Waals surface area contributed by atoms with Crippen molar-refractivity contribution in [2.24, 2.45) is 40.4 Å². The van der Waals surface area contributed by atoms with Crippen LogP contribution in [0.1, 0.15) is 72.1 Å². The molecule has 0 aromatic carbocycles. The summed E-state index contributed by atoms with van der Waals surface area (Å²) in [5.74, 6) is 0.418. The molecule has 4 aliphatic rings. The summed E-state index contributed by atoms with van der Waals surface area (Å²) in [5, 5.41) is 41.9. The second-order valence-corrected chi connectivity index (χ2v) is 11.0. The monoisotopic (exact) mass is 406 g/mol. The smallest absolute Gasteiger partial charge is 0.307 e. The normalized spacial score (nSPS) is 52.4. The Morgan fingerprint density at radius 2 is 1.76 bits per heavy atom. The SMILES string of the molecule is C/C(=C\CC(=O)O)[C@H]1CC[C@H]2[C@@H]3[C@H](O)C[C@@H]4C[C@H](O)CC[C@]4(C)[C@H]3C[C@H](O)[C@]12C. The van der Waals surface area contributed by atoms with E-state index in [1.165, 1.54) is 0 Å². The van der Waals surface area contributed by atoms with E-state index in [4.69, 9.17) is 5.11 Å². The quantitative estimate of drug-likeness (QED) is 0.539. The van der Waals surface area contributed by atoms with Crippen molar-refractivity contribution in [3.8, 4) is 0 Å². The lowest BCUT2D eigenvalue weighted by atomic mass is 9.43. The lowest BCUT2D eigenvalue weighted by molar-refractivity contribution is -0.202. The van der Waals surface area contributed by atoms with E-state index in [9.17, 15) is 20.1 Å². The van der Waals surface area contributed by atoms with Crippen molar-refractivity contribution >= 4 is 5.97 Å². The topological polar surface area (TPSA) is 98.0 Å². The van der Waals surface area contributed by atoms with Crippen LogP contribution in [0.5, 0.6) is 0 Å². The number of carbonyl (C=O) groups is 1. The zero-order valence-corrected chi connectivity index (χ0v) is 18.1. The maximum atomic E-state index is 11.4. The van der Waals surface area contributed by atoms with Crippen LogP contribution in [0, 0.1) is 40.4 Å². The minimum Gasteiger partial charge on any atom is -0.481 e. The third-order valence-electron chi connectivity index (χ3n) is 9.91. The highest BCUT2D eigenvalue weighted by molar-refractivity contribution is 5.68. The molecular formula is C24H38O5. The van der Waals surface area contributed by atoms with Crippen LogP contribution in [0.4, 0.5) is 0 Å². The fourth-order valence-corrected chi connectivity index (χ4v) is 8.30. The number of fused-ring (bicyclic) bond motifs is 5. The van der Waals surface area contributed by atoms with E-state index in [0.717, 1.165) is 44.1 Å². The number of rotatable bonds is 3. The first-order valence-electron chi connectivity index (χ1n) is 11.5. The summed E-state index contributed by atoms with van der Waals surface area (Å²) in [6.45, 7) is 6.53. The number of allylic oxidation sites excluding steroid dienone is 1. The summed E-state index contributed by atoms with van der Waals surface area (Å²) in [4.78, 5) is 11.0. The van der Waals surface area contributed by atoms with Gasteiger partial charge in [-0.15, -0.1) is 0 Å². The predicted octanol–water partition coefficient (Wildman–Crippen LogP) is 3.37. The molecule has 0 radical (unpaired) electrons. The first-order chi connectivity index (χ1) is 13.6. The molecule has 4 N–H and O–H groups in total. The fourth-order valence-electron chi connectivity index (χ4n) is 8.30. The number of hydrogen-bond donors (Lipinski definition) is 4. The largest absolute Gasteiger partial charge is 0.481 e. The Morgan fingerprint density at radius 3 is 2.45 bits per heavy atom. The molecule has 10 atom stereocenters. The van der Waals surface area contributed by atoms with Crippen LogP contribution in [0.2, 0.25) is 0 Å². The van der Waals surface area contributed by atoms with Gasteiger partial charge in [0.1, 0.15) is 0 Å². The Hall–Kier alpha value is -0.910. The van der Waals surface area contributed by atoms with Crippen molar-refractivity contribution in [2.45, 2.75) is 90.4 Å². The number of hydrogen-bond acceptors (Lipinski definition) is 4. The molecule has 164 valence electrons. The predicted molar refractivity (Wildman–Crippen MR) is 110 cm³/mol. The second-order valence-electron chi connectivity index (χ2n) is 11.0. The second kappa shape index (κ2) is 7.35. The zero-order valence-electron chi connectivity index (χ0n) is 18.1. The molecule has 0 saturated heterocycles. The lowest BCUT2D eigenvalue weighted by Crippen LogP contribution is -2.62. The van der Waals surface area contributed by atoms with Crippen LogP contribution in [0.25, 0.3) is 0 Å². The summed E-state index contributed by atoms with van der Waals surface area (Å²) in [5.41, 5.74) is 0.848. The van der Waals surface area contributed by atoms with E-state index >= 15 is 0 Å². The number of aliphatic hydroxyl groups excluding tert-OH is 3. The van der Waals surface area contributed by atoms with Gasteiger partial charge in [-0.05, 0) is 86.9 Å². The van der Waals surface area contributed by atoms with Gasteiger partial charge in [0.05, 0.1) is 24.7 Å². The molecule has 5 nitrogen and oxygen atoms in total. The van der Waals surface area contributed by atoms with Crippen LogP contribution >= 0.6 is 0 Å². The lowest BCUT2D eigenvalue weighted by Gasteiger charge is -2.63. The molecule has 0 unspecified atom stereocenters. The first kappa shape index (κ1) is 21.3. The number of aliphatic carboxylic acids is 1. The number of carboxylic acid groups (broad SMARTS) is 1. The molecule has 29 heavy (non-hydrogen) atoms. The molecule has 0 aliphatic heterocycles. The molecule has 0 amide bonds. The molecule has 5 heteroatoms. The zero-order chi connectivity index (χ0) is 21.1. The Labute approximate surface area is 174 Å². The van der Waals surface area contributed by atoms with E-state index in [0.29, 0.717) is 18.3 Å². The maximum Gasteiger partial charge on any atom is 0.307 e. The Kier molecular flexibility index (Phi) is 5.40. The van der Waals surface area contributed by atoms with Gasteiger partial charge in [-0.25, -0.2) is 0 Å². The van der Waals surface area contributed by atoms with Gasteiger partial charge in [0.2, 0.25) is 0 Å². The molecule has 0 spiro atoms. The van der Waals surface area contributed by atoms with Gasteiger partial charge in [-0.1, -0.05) is 25.5 Å². The Morgan fingerprint density at radius 1 is 1.03 bits per heavy atom. The van der Waals surface area contributed by atoms with Gasteiger partial charge in [-0.3, -0.25) is 4.79 Å². The summed E-state index contributed by atoms with van der Waals surface area (Å²) in [6, 6.07) is 0. The van der Waals surface area contributed by atoms with Crippen LogP contribution in [-0.4, -0.2) is 44.7 Å². The highest BCUT2D eigenvalue weighted by atomic mass is 16.4. The van der Waals surface area contributed by atoms with Crippen molar-refractivity contribution in [2.75, 3.05) is 0 Å². The van der Waals surface area contributed by atoms with Gasteiger partial charge >= 0.3 is 5.97 Å². The van der Waals surface area contributed by atoms with Crippen molar-refractivity contribution in [1.29, 1.82) is 0 Å². The Bertz CT molecular complexity index is 689. The molecule has 0 bridgehead atoms. The van der Waals surface area contributed by atoms with E-state index in [1.54, 1.807) is 0 Å². The molecule has 4 fully saturated rings. The molecule has 0 aromatic heterocycles. The van der Waals surface area contributed by atoms with Crippen molar-refractivity contribution in [3.05, 3.63) is 11.6 Å². The summed E-state index contributed by atoms with van der Waals surface area (Å²) >= 11 is 0. The van der Waals surface area contributed by atoms with Crippen LogP contribution < -0.4 is 0 Å². The van der Waals surface area contributed by atoms with Gasteiger partial charge < -0.3 is 20.4 Å². The maximum absolute atomic E-state index is 11.4. The first-order valence-corrected chi connectivity index (χ1v) is 11.5. The standard InChI is InChI=1S/C24H38O5/c1-13(4-7-21(28)29)16-5-6-17-22-18(12-20(27)24(16,17)3)23(2)9-8-15(25)10-14(23)11-19(22)26/h4,14-20,22,25-27H,5-12H2,1-3H3,(H,28,29)/b13-4+/t14-,15+,16+,17-,18-,19+,20-,22-,23-,24+/m0/s1. The number of aliphatic hydroxyl groups is 3. The highest BCUT2D eigenvalue weighted by Crippen LogP contribution is 2.68. The van der Waals surface area contributed by atoms with Crippen LogP contribution in [0.15, 0.2) is 11.6 Å². The van der Waals surface area contributed by atoms with Crippen LogP contribution in [0.3, 0.4) is 0 Å². The van der Waals surface area contributed by atoms with E-state index in [1.807, 2.05) is 13.0 Å². The summed E-state index contributed by atoms with van der Waals surface area (Å²) < 4.78 is 0. The molecular weight excluding hydrogens is 368 g/mol. The Balaban J connectivity index is 1.65. The summed E-state index contributed by atoms with van der Waals surface area (Å²) in [6.07, 6.45) is 6.75.